The van der Waals surface area contributed by atoms with Crippen molar-refractivity contribution < 1.29 is 18.8 Å². The molecular formula is C16H22N4O4. The van der Waals surface area contributed by atoms with Gasteiger partial charge in [0.1, 0.15) is 24.2 Å². The van der Waals surface area contributed by atoms with Crippen LogP contribution in [-0.4, -0.2) is 63.9 Å². The van der Waals surface area contributed by atoms with Crippen molar-refractivity contribution in [3.05, 3.63) is 35.4 Å². The highest BCUT2D eigenvalue weighted by Gasteiger charge is 2.36. The minimum Gasteiger partial charge on any atom is -0.462 e. The van der Waals surface area contributed by atoms with Gasteiger partial charge in [-0.05, 0) is 19.1 Å². The molecule has 1 N–H and O–H groups in total. The predicted octanol–water partition coefficient (Wildman–Crippen LogP) is 0.721. The van der Waals surface area contributed by atoms with Crippen LogP contribution >= 0.6 is 0 Å². The smallest absolute Gasteiger partial charge is 0.257 e. The highest BCUT2D eigenvalue weighted by atomic mass is 16.5. The summed E-state index contributed by atoms with van der Waals surface area (Å²) in [5.41, 5.74) is 0. The highest BCUT2D eigenvalue weighted by molar-refractivity contribution is 5.07. The molecule has 2 aliphatic rings. The van der Waals surface area contributed by atoms with Gasteiger partial charge in [0.05, 0.1) is 13.2 Å². The zero-order valence-electron chi connectivity index (χ0n) is 13.7. The Morgan fingerprint density at radius 3 is 2.79 bits per heavy atom. The molecule has 0 radical (unpaired) electrons. The van der Waals surface area contributed by atoms with Gasteiger partial charge in [-0.15, -0.1) is 0 Å². The molecule has 0 saturated carbocycles. The van der Waals surface area contributed by atoms with E-state index in [0.29, 0.717) is 30.1 Å². The van der Waals surface area contributed by atoms with Crippen LogP contribution in [0, 0.1) is 6.92 Å². The number of aliphatic hydroxyl groups is 1. The molecule has 1 atom stereocenters. The third-order valence-corrected chi connectivity index (χ3v) is 4.62. The number of nitrogens with zero attached hydrogens (tertiary/aromatic N) is 4. The Kier molecular flexibility index (Phi) is 4.36. The summed E-state index contributed by atoms with van der Waals surface area (Å²) in [7, 11) is 0. The number of hydrogen-bond donors (Lipinski definition) is 1. The molecule has 2 fully saturated rings. The van der Waals surface area contributed by atoms with E-state index in [1.165, 1.54) is 0 Å². The molecule has 0 bridgehead atoms. The summed E-state index contributed by atoms with van der Waals surface area (Å²) in [5, 5.41) is 12.9. The molecule has 2 aromatic rings. The van der Waals surface area contributed by atoms with E-state index >= 15 is 0 Å². The normalized spacial score (nSPS) is 23.5. The molecule has 2 aliphatic heterocycles. The molecule has 0 spiro atoms. The van der Waals surface area contributed by atoms with Gasteiger partial charge >= 0.3 is 0 Å². The summed E-state index contributed by atoms with van der Waals surface area (Å²) in [6.07, 6.45) is -0.133. The second-order valence-corrected chi connectivity index (χ2v) is 6.41. The number of morpholine rings is 1. The summed E-state index contributed by atoms with van der Waals surface area (Å²) < 4.78 is 16.6. The van der Waals surface area contributed by atoms with Crippen molar-refractivity contribution in [1.29, 1.82) is 0 Å². The first kappa shape index (κ1) is 15.8. The number of aliphatic hydroxyl groups excluding tert-OH is 1. The lowest BCUT2D eigenvalue weighted by molar-refractivity contribution is -0.0850. The molecule has 4 heterocycles. The minimum absolute atomic E-state index is 0.0487. The topological polar surface area (TPSA) is 88.0 Å². The highest BCUT2D eigenvalue weighted by Crippen LogP contribution is 2.26. The fourth-order valence-electron chi connectivity index (χ4n) is 3.31. The molecule has 130 valence electrons. The lowest BCUT2D eigenvalue weighted by atomic mass is 10.1. The van der Waals surface area contributed by atoms with E-state index in [1.807, 2.05) is 19.1 Å². The largest absolute Gasteiger partial charge is 0.462 e. The van der Waals surface area contributed by atoms with Crippen molar-refractivity contribution in [3.8, 4) is 0 Å². The first-order valence-electron chi connectivity index (χ1n) is 8.28. The van der Waals surface area contributed by atoms with E-state index in [1.54, 1.807) is 0 Å². The summed E-state index contributed by atoms with van der Waals surface area (Å²) >= 11 is 0. The SMILES string of the molecule is Cc1noc(C2CN(C3CN(Cc4ccc(CO)o4)C3)CCO2)n1. The first-order chi connectivity index (χ1) is 11.7. The van der Waals surface area contributed by atoms with Crippen molar-refractivity contribution in [2.75, 3.05) is 32.8 Å². The van der Waals surface area contributed by atoms with Gasteiger partial charge in [-0.3, -0.25) is 9.80 Å². The quantitative estimate of drug-likeness (QED) is 0.856. The molecule has 2 saturated heterocycles. The maximum atomic E-state index is 9.05. The average molecular weight is 334 g/mol. The van der Waals surface area contributed by atoms with Crippen LogP contribution in [-0.2, 0) is 17.9 Å². The Morgan fingerprint density at radius 1 is 1.25 bits per heavy atom. The van der Waals surface area contributed by atoms with Gasteiger partial charge in [-0.2, -0.15) is 4.98 Å². The molecule has 0 amide bonds. The summed E-state index contributed by atoms with van der Waals surface area (Å²) in [6, 6.07) is 4.28. The van der Waals surface area contributed by atoms with E-state index in [-0.39, 0.29) is 12.7 Å². The Bertz CT molecular complexity index is 679. The van der Waals surface area contributed by atoms with Gasteiger partial charge in [-0.25, -0.2) is 0 Å². The second-order valence-electron chi connectivity index (χ2n) is 6.41. The van der Waals surface area contributed by atoms with E-state index in [4.69, 9.17) is 18.8 Å². The van der Waals surface area contributed by atoms with E-state index in [9.17, 15) is 0 Å². The Balaban J connectivity index is 1.28. The lowest BCUT2D eigenvalue weighted by Crippen LogP contribution is -2.61. The number of likely N-dealkylation sites (tertiary alicyclic amines) is 1. The number of aryl methyl sites for hydroxylation is 1. The van der Waals surface area contributed by atoms with E-state index in [2.05, 4.69) is 19.9 Å². The van der Waals surface area contributed by atoms with Crippen LogP contribution in [0.3, 0.4) is 0 Å². The zero-order chi connectivity index (χ0) is 16.5. The molecule has 1 unspecified atom stereocenters. The van der Waals surface area contributed by atoms with E-state index in [0.717, 1.165) is 38.5 Å². The molecule has 2 aromatic heterocycles. The maximum absolute atomic E-state index is 9.05. The minimum atomic E-state index is -0.133. The standard InChI is InChI=1S/C16H22N4O4/c1-11-17-16(24-18-11)15-9-20(4-5-22-15)12-6-19(7-12)8-13-2-3-14(10-21)23-13/h2-3,12,15,21H,4-10H2,1H3. The van der Waals surface area contributed by atoms with Gasteiger partial charge < -0.3 is 18.8 Å². The van der Waals surface area contributed by atoms with Crippen LogP contribution < -0.4 is 0 Å². The average Bonchev–Trinajstić information content (AvgIpc) is 3.19. The van der Waals surface area contributed by atoms with Crippen LogP contribution in [0.15, 0.2) is 21.1 Å². The van der Waals surface area contributed by atoms with Crippen LogP contribution in [0.2, 0.25) is 0 Å². The third-order valence-electron chi connectivity index (χ3n) is 4.62. The molecule has 8 nitrogen and oxygen atoms in total. The number of hydrogen-bond acceptors (Lipinski definition) is 8. The molecule has 4 rings (SSSR count). The molecule has 0 aromatic carbocycles. The molecule has 24 heavy (non-hydrogen) atoms. The second kappa shape index (κ2) is 6.64. The van der Waals surface area contributed by atoms with Gasteiger partial charge in [0, 0.05) is 32.2 Å². The van der Waals surface area contributed by atoms with Crippen LogP contribution in [0.4, 0.5) is 0 Å². The summed E-state index contributed by atoms with van der Waals surface area (Å²) in [4.78, 5) is 9.06. The zero-order valence-corrected chi connectivity index (χ0v) is 13.7. The summed E-state index contributed by atoms with van der Waals surface area (Å²) in [5.74, 6) is 2.73. The summed E-state index contributed by atoms with van der Waals surface area (Å²) in [6.45, 7) is 6.96. The van der Waals surface area contributed by atoms with Crippen molar-refractivity contribution in [3.63, 3.8) is 0 Å². The fourth-order valence-corrected chi connectivity index (χ4v) is 3.31. The number of rotatable bonds is 5. The van der Waals surface area contributed by atoms with Crippen molar-refractivity contribution in [1.82, 2.24) is 19.9 Å². The first-order valence-corrected chi connectivity index (χ1v) is 8.28. The van der Waals surface area contributed by atoms with Crippen LogP contribution in [0.25, 0.3) is 0 Å². The number of furan rings is 1. The third kappa shape index (κ3) is 3.23. The Labute approximate surface area is 140 Å². The van der Waals surface area contributed by atoms with Crippen LogP contribution in [0.1, 0.15) is 29.3 Å². The Hall–Kier alpha value is -1.74. The predicted molar refractivity (Wildman–Crippen MR) is 83.0 cm³/mol. The lowest BCUT2D eigenvalue weighted by Gasteiger charge is -2.47. The van der Waals surface area contributed by atoms with Crippen molar-refractivity contribution in [2.45, 2.75) is 32.2 Å². The molecule has 0 aliphatic carbocycles. The Morgan fingerprint density at radius 2 is 2.08 bits per heavy atom. The number of aromatic nitrogens is 2. The monoisotopic (exact) mass is 334 g/mol. The van der Waals surface area contributed by atoms with Gasteiger partial charge in [-0.1, -0.05) is 5.16 Å². The van der Waals surface area contributed by atoms with Crippen LogP contribution in [0.5, 0.6) is 0 Å². The van der Waals surface area contributed by atoms with Crippen molar-refractivity contribution >= 4 is 0 Å². The molecular weight excluding hydrogens is 312 g/mol. The molecule has 8 heteroatoms. The fraction of sp³-hybridized carbons (Fsp3) is 0.625. The van der Waals surface area contributed by atoms with Crippen molar-refractivity contribution in [2.24, 2.45) is 0 Å². The number of ether oxygens (including phenoxy) is 1. The van der Waals surface area contributed by atoms with Gasteiger partial charge in [0.15, 0.2) is 5.82 Å². The maximum Gasteiger partial charge on any atom is 0.257 e. The van der Waals surface area contributed by atoms with Gasteiger partial charge in [0.2, 0.25) is 0 Å². The van der Waals surface area contributed by atoms with Gasteiger partial charge in [0.25, 0.3) is 5.89 Å². The van der Waals surface area contributed by atoms with E-state index < -0.39 is 0 Å².